The molecule has 0 aromatic heterocycles. The van der Waals surface area contributed by atoms with Gasteiger partial charge in [-0.15, -0.1) is 11.8 Å². The molecule has 0 bridgehead atoms. The molecule has 24 heavy (non-hydrogen) atoms. The fourth-order valence-corrected chi connectivity index (χ4v) is 3.20. The molecule has 0 spiro atoms. The lowest BCUT2D eigenvalue weighted by Gasteiger charge is -2.28. The van der Waals surface area contributed by atoms with Crippen LogP contribution in [0.25, 0.3) is 0 Å². The Morgan fingerprint density at radius 2 is 2.17 bits per heavy atom. The standard InChI is InChI=1S/C17H22N2O4S/c1-5-19-14-9-13(7-8-15(14)24-10-16(19)20)11(3)18-23-12(4)17(21)22-6-2/h7-9,12H,5-6,10H2,1-4H3/b18-11-. The minimum Gasteiger partial charge on any atom is -0.463 e. The molecule has 1 heterocycles. The summed E-state index contributed by atoms with van der Waals surface area (Å²) in [6.07, 6.45) is -0.762. The number of nitrogens with zero attached hydrogens (tertiary/aromatic N) is 2. The van der Waals surface area contributed by atoms with Crippen LogP contribution in [0.2, 0.25) is 0 Å². The van der Waals surface area contributed by atoms with Crippen LogP contribution >= 0.6 is 11.8 Å². The van der Waals surface area contributed by atoms with Crippen LogP contribution in [0.15, 0.2) is 28.3 Å². The van der Waals surface area contributed by atoms with Gasteiger partial charge in [0.05, 0.1) is 23.8 Å². The zero-order valence-corrected chi connectivity index (χ0v) is 15.2. The van der Waals surface area contributed by atoms with Gasteiger partial charge in [0.1, 0.15) is 0 Å². The summed E-state index contributed by atoms with van der Waals surface area (Å²) in [6.45, 7) is 8.02. The van der Waals surface area contributed by atoms with Gasteiger partial charge < -0.3 is 14.5 Å². The number of oxime groups is 1. The summed E-state index contributed by atoms with van der Waals surface area (Å²) in [5.41, 5.74) is 2.37. The monoisotopic (exact) mass is 350 g/mol. The Hall–Kier alpha value is -2.02. The molecule has 1 aliphatic rings. The second-order valence-electron chi connectivity index (χ2n) is 5.29. The van der Waals surface area contributed by atoms with Crippen LogP contribution in [-0.4, -0.2) is 42.6 Å². The molecule has 130 valence electrons. The Morgan fingerprint density at radius 1 is 1.42 bits per heavy atom. The highest BCUT2D eigenvalue weighted by molar-refractivity contribution is 8.00. The number of benzene rings is 1. The van der Waals surface area contributed by atoms with Crippen molar-refractivity contribution in [2.75, 3.05) is 23.8 Å². The van der Waals surface area contributed by atoms with Crippen LogP contribution < -0.4 is 4.90 Å². The zero-order chi connectivity index (χ0) is 17.7. The van der Waals surface area contributed by atoms with E-state index in [0.717, 1.165) is 16.1 Å². The Bertz CT molecular complexity index is 660. The Balaban J connectivity index is 2.17. The van der Waals surface area contributed by atoms with Crippen molar-refractivity contribution in [1.29, 1.82) is 0 Å². The average molecular weight is 350 g/mol. The van der Waals surface area contributed by atoms with Crippen molar-refractivity contribution in [2.45, 2.75) is 38.7 Å². The van der Waals surface area contributed by atoms with Crippen LogP contribution in [0.4, 0.5) is 5.69 Å². The number of esters is 1. The van der Waals surface area contributed by atoms with E-state index in [1.807, 2.05) is 25.1 Å². The number of carbonyl (C=O) groups is 2. The van der Waals surface area contributed by atoms with Crippen molar-refractivity contribution < 1.29 is 19.2 Å². The molecule has 1 aromatic carbocycles. The smallest absolute Gasteiger partial charge is 0.349 e. The van der Waals surface area contributed by atoms with Crippen LogP contribution in [-0.2, 0) is 19.2 Å². The van der Waals surface area contributed by atoms with E-state index < -0.39 is 12.1 Å². The fourth-order valence-electron chi connectivity index (χ4n) is 2.29. The fraction of sp³-hybridized carbons (Fsp3) is 0.471. The van der Waals surface area contributed by atoms with Crippen molar-refractivity contribution in [3.05, 3.63) is 23.8 Å². The summed E-state index contributed by atoms with van der Waals surface area (Å²) < 4.78 is 4.88. The molecule has 0 N–H and O–H groups in total. The van der Waals surface area contributed by atoms with Gasteiger partial charge in [0.25, 0.3) is 0 Å². The molecule has 2 rings (SSSR count). The van der Waals surface area contributed by atoms with E-state index in [1.54, 1.807) is 37.4 Å². The predicted molar refractivity (Wildman–Crippen MR) is 94.6 cm³/mol. The van der Waals surface area contributed by atoms with Crippen molar-refractivity contribution in [1.82, 2.24) is 0 Å². The highest BCUT2D eigenvalue weighted by Gasteiger charge is 2.24. The molecule has 1 aromatic rings. The Kier molecular flexibility index (Phi) is 6.25. The van der Waals surface area contributed by atoms with Crippen molar-refractivity contribution in [3.8, 4) is 0 Å². The van der Waals surface area contributed by atoms with Gasteiger partial charge in [-0.3, -0.25) is 4.79 Å². The maximum Gasteiger partial charge on any atom is 0.349 e. The molecular weight excluding hydrogens is 328 g/mol. The third kappa shape index (κ3) is 4.08. The number of fused-ring (bicyclic) bond motifs is 1. The molecule has 0 aliphatic carbocycles. The molecule has 1 atom stereocenters. The molecule has 0 saturated carbocycles. The maximum absolute atomic E-state index is 12.0. The van der Waals surface area contributed by atoms with Gasteiger partial charge in [0.2, 0.25) is 12.0 Å². The van der Waals surface area contributed by atoms with Crippen molar-refractivity contribution >= 4 is 35.0 Å². The summed E-state index contributed by atoms with van der Waals surface area (Å²) in [5, 5.41) is 4.02. The molecule has 1 unspecified atom stereocenters. The highest BCUT2D eigenvalue weighted by Crippen LogP contribution is 2.35. The maximum atomic E-state index is 12.0. The first-order valence-corrected chi connectivity index (χ1v) is 8.91. The average Bonchev–Trinajstić information content (AvgIpc) is 2.58. The summed E-state index contributed by atoms with van der Waals surface area (Å²) in [5.74, 6) is 0.125. The SMILES string of the molecule is CCOC(=O)C(C)O/N=C(/C)c1ccc2c(c1)N(CC)C(=O)CS2. The molecule has 0 fully saturated rings. The largest absolute Gasteiger partial charge is 0.463 e. The van der Waals surface area contributed by atoms with Gasteiger partial charge in [0, 0.05) is 17.0 Å². The second-order valence-corrected chi connectivity index (χ2v) is 6.30. The number of amides is 1. The van der Waals surface area contributed by atoms with E-state index in [4.69, 9.17) is 9.57 Å². The van der Waals surface area contributed by atoms with Crippen LogP contribution in [0.3, 0.4) is 0 Å². The number of carbonyl (C=O) groups excluding carboxylic acids is 2. The number of hydrogen-bond acceptors (Lipinski definition) is 6. The lowest BCUT2D eigenvalue weighted by atomic mass is 10.1. The topological polar surface area (TPSA) is 68.2 Å². The number of anilines is 1. The van der Waals surface area contributed by atoms with Crippen LogP contribution in [0.5, 0.6) is 0 Å². The van der Waals surface area contributed by atoms with E-state index in [9.17, 15) is 9.59 Å². The van der Waals surface area contributed by atoms with Gasteiger partial charge >= 0.3 is 5.97 Å². The molecular formula is C17H22N2O4S. The van der Waals surface area contributed by atoms with E-state index in [0.29, 0.717) is 24.6 Å². The minimum absolute atomic E-state index is 0.105. The van der Waals surface area contributed by atoms with Crippen molar-refractivity contribution in [3.63, 3.8) is 0 Å². The molecule has 0 saturated heterocycles. The van der Waals surface area contributed by atoms with Crippen LogP contribution in [0.1, 0.15) is 33.3 Å². The summed E-state index contributed by atoms with van der Waals surface area (Å²) in [4.78, 5) is 31.6. The van der Waals surface area contributed by atoms with Gasteiger partial charge in [-0.05, 0) is 39.8 Å². The summed E-state index contributed by atoms with van der Waals surface area (Å²) in [7, 11) is 0. The third-order valence-electron chi connectivity index (χ3n) is 3.60. The van der Waals surface area contributed by atoms with Crippen molar-refractivity contribution in [2.24, 2.45) is 5.16 Å². The van der Waals surface area contributed by atoms with E-state index in [-0.39, 0.29) is 5.91 Å². The lowest BCUT2D eigenvalue weighted by Crippen LogP contribution is -2.35. The first kappa shape index (κ1) is 18.3. The quantitative estimate of drug-likeness (QED) is 0.448. The molecule has 0 radical (unpaired) electrons. The number of ether oxygens (including phenoxy) is 1. The van der Waals surface area contributed by atoms with Gasteiger partial charge in [-0.25, -0.2) is 4.79 Å². The first-order valence-electron chi connectivity index (χ1n) is 7.92. The number of hydrogen-bond donors (Lipinski definition) is 0. The Labute approximate surface area is 146 Å². The second kappa shape index (κ2) is 8.19. The van der Waals surface area contributed by atoms with E-state index in [1.165, 1.54) is 0 Å². The molecule has 1 aliphatic heterocycles. The Morgan fingerprint density at radius 3 is 2.83 bits per heavy atom. The zero-order valence-electron chi connectivity index (χ0n) is 14.4. The van der Waals surface area contributed by atoms with E-state index in [2.05, 4.69) is 5.16 Å². The van der Waals surface area contributed by atoms with Crippen LogP contribution in [0, 0.1) is 0 Å². The summed E-state index contributed by atoms with van der Waals surface area (Å²) >= 11 is 1.54. The first-order chi connectivity index (χ1) is 11.5. The molecule has 1 amide bonds. The summed E-state index contributed by atoms with van der Waals surface area (Å²) in [6, 6.07) is 5.85. The molecule has 6 nitrogen and oxygen atoms in total. The van der Waals surface area contributed by atoms with Gasteiger partial charge in [0.15, 0.2) is 0 Å². The number of thioether (sulfide) groups is 1. The van der Waals surface area contributed by atoms with Gasteiger partial charge in [-0.2, -0.15) is 0 Å². The molecule has 7 heteroatoms. The predicted octanol–water partition coefficient (Wildman–Crippen LogP) is 2.84. The minimum atomic E-state index is -0.762. The number of rotatable bonds is 6. The normalized spacial score (nSPS) is 15.8. The van der Waals surface area contributed by atoms with Gasteiger partial charge in [-0.1, -0.05) is 11.2 Å². The van der Waals surface area contributed by atoms with E-state index >= 15 is 0 Å². The highest BCUT2D eigenvalue weighted by atomic mass is 32.2. The third-order valence-corrected chi connectivity index (χ3v) is 4.65. The lowest BCUT2D eigenvalue weighted by molar-refractivity contribution is -0.155.